The van der Waals surface area contributed by atoms with E-state index in [-0.39, 0.29) is 12.0 Å². The van der Waals surface area contributed by atoms with Crippen molar-refractivity contribution in [2.24, 2.45) is 17.8 Å². The van der Waals surface area contributed by atoms with Crippen LogP contribution < -0.4 is 0 Å². The first-order valence-electron chi connectivity index (χ1n) is 11.4. The van der Waals surface area contributed by atoms with Gasteiger partial charge in [0, 0.05) is 5.92 Å². The number of fused-ring (bicyclic) bond motifs is 1. The highest BCUT2D eigenvalue weighted by molar-refractivity contribution is 5.20. The van der Waals surface area contributed by atoms with Crippen LogP contribution in [0.2, 0.25) is 0 Å². The highest BCUT2D eigenvalue weighted by Gasteiger charge is 2.46. The SMILES string of the molecule is CCCCCC/C=C/[C@H](O)[C@@H]1[C@H]2CC(CCCCCN(C)C)=C[C@H]2C[C@H]1O. The molecule has 0 heterocycles. The maximum Gasteiger partial charge on any atom is 0.0776 e. The molecule has 0 aromatic rings. The Morgan fingerprint density at radius 2 is 1.93 bits per heavy atom. The Kier molecular flexibility index (Phi) is 10.1. The van der Waals surface area contributed by atoms with E-state index in [0.29, 0.717) is 11.8 Å². The molecule has 156 valence electrons. The van der Waals surface area contributed by atoms with Crippen molar-refractivity contribution >= 4 is 0 Å². The summed E-state index contributed by atoms with van der Waals surface area (Å²) in [6, 6.07) is 0. The van der Waals surface area contributed by atoms with Gasteiger partial charge < -0.3 is 15.1 Å². The van der Waals surface area contributed by atoms with E-state index in [1.807, 2.05) is 6.08 Å². The predicted molar refractivity (Wildman–Crippen MR) is 115 cm³/mol. The number of nitrogens with zero attached hydrogens (tertiary/aromatic N) is 1. The van der Waals surface area contributed by atoms with E-state index in [4.69, 9.17) is 0 Å². The van der Waals surface area contributed by atoms with Gasteiger partial charge >= 0.3 is 0 Å². The molecule has 0 bridgehead atoms. The Balaban J connectivity index is 1.73. The lowest BCUT2D eigenvalue weighted by molar-refractivity contribution is 0.0367. The van der Waals surface area contributed by atoms with Gasteiger partial charge in [0.1, 0.15) is 0 Å². The maximum absolute atomic E-state index is 10.7. The van der Waals surface area contributed by atoms with Gasteiger partial charge in [-0.15, -0.1) is 0 Å². The summed E-state index contributed by atoms with van der Waals surface area (Å²) < 4.78 is 0. The van der Waals surface area contributed by atoms with Gasteiger partial charge in [-0.2, -0.15) is 0 Å². The van der Waals surface area contributed by atoms with Crippen LogP contribution >= 0.6 is 0 Å². The third-order valence-corrected chi connectivity index (χ3v) is 6.51. The summed E-state index contributed by atoms with van der Waals surface area (Å²) in [4.78, 5) is 2.25. The second-order valence-corrected chi connectivity index (χ2v) is 9.12. The van der Waals surface area contributed by atoms with Crippen molar-refractivity contribution < 1.29 is 10.2 Å². The van der Waals surface area contributed by atoms with Crippen molar-refractivity contribution in [2.75, 3.05) is 20.6 Å². The molecule has 0 aliphatic heterocycles. The Bertz CT molecular complexity index is 471. The number of hydrogen-bond donors (Lipinski definition) is 2. The van der Waals surface area contributed by atoms with Gasteiger partial charge in [0.15, 0.2) is 0 Å². The van der Waals surface area contributed by atoms with Crippen LogP contribution in [0, 0.1) is 17.8 Å². The van der Waals surface area contributed by atoms with Gasteiger partial charge in [-0.3, -0.25) is 0 Å². The number of aliphatic hydroxyl groups excluding tert-OH is 2. The first-order valence-corrected chi connectivity index (χ1v) is 11.4. The van der Waals surface area contributed by atoms with Crippen LogP contribution in [-0.2, 0) is 0 Å². The number of hydrogen-bond acceptors (Lipinski definition) is 3. The molecule has 0 saturated heterocycles. The van der Waals surface area contributed by atoms with E-state index in [9.17, 15) is 10.2 Å². The summed E-state index contributed by atoms with van der Waals surface area (Å²) in [5.41, 5.74) is 1.57. The van der Waals surface area contributed by atoms with Crippen molar-refractivity contribution in [3.63, 3.8) is 0 Å². The summed E-state index contributed by atoms with van der Waals surface area (Å²) >= 11 is 0. The topological polar surface area (TPSA) is 43.7 Å². The average molecular weight is 378 g/mol. The third kappa shape index (κ3) is 7.36. The Hall–Kier alpha value is -0.640. The second kappa shape index (κ2) is 12.0. The molecule has 1 saturated carbocycles. The van der Waals surface area contributed by atoms with Gasteiger partial charge in [-0.1, -0.05) is 56.4 Å². The van der Waals surface area contributed by atoms with Crippen LogP contribution in [0.5, 0.6) is 0 Å². The molecule has 0 spiro atoms. The summed E-state index contributed by atoms with van der Waals surface area (Å²) in [5, 5.41) is 21.2. The van der Waals surface area contributed by atoms with Crippen LogP contribution in [0.15, 0.2) is 23.8 Å². The monoisotopic (exact) mass is 377 g/mol. The molecule has 2 aliphatic carbocycles. The minimum atomic E-state index is -0.492. The molecule has 3 heteroatoms. The van der Waals surface area contributed by atoms with Gasteiger partial charge in [0.05, 0.1) is 12.2 Å². The largest absolute Gasteiger partial charge is 0.393 e. The van der Waals surface area contributed by atoms with Crippen molar-refractivity contribution in [3.05, 3.63) is 23.8 Å². The molecule has 2 rings (SSSR count). The summed E-state index contributed by atoms with van der Waals surface area (Å²) in [5.74, 6) is 0.940. The van der Waals surface area contributed by atoms with E-state index >= 15 is 0 Å². The van der Waals surface area contributed by atoms with Gasteiger partial charge in [0.25, 0.3) is 0 Å². The lowest BCUT2D eigenvalue weighted by Crippen LogP contribution is -2.30. The Morgan fingerprint density at radius 3 is 2.67 bits per heavy atom. The van der Waals surface area contributed by atoms with E-state index in [0.717, 1.165) is 19.3 Å². The summed E-state index contributed by atoms with van der Waals surface area (Å²) in [6.45, 7) is 3.40. The molecular formula is C24H43NO2. The zero-order valence-corrected chi connectivity index (χ0v) is 17.9. The van der Waals surface area contributed by atoms with Crippen LogP contribution in [0.1, 0.15) is 77.6 Å². The van der Waals surface area contributed by atoms with Crippen LogP contribution in [0.3, 0.4) is 0 Å². The quantitative estimate of drug-likeness (QED) is 0.353. The molecule has 5 atom stereocenters. The second-order valence-electron chi connectivity index (χ2n) is 9.12. The van der Waals surface area contributed by atoms with Crippen LogP contribution in [0.25, 0.3) is 0 Å². The lowest BCUT2D eigenvalue weighted by Gasteiger charge is -2.25. The highest BCUT2D eigenvalue weighted by atomic mass is 16.3. The van der Waals surface area contributed by atoms with Crippen molar-refractivity contribution in [1.29, 1.82) is 0 Å². The molecule has 0 aromatic heterocycles. The van der Waals surface area contributed by atoms with Gasteiger partial charge in [0.2, 0.25) is 0 Å². The molecule has 2 aliphatic rings. The lowest BCUT2D eigenvalue weighted by atomic mass is 9.85. The highest BCUT2D eigenvalue weighted by Crippen LogP contribution is 2.49. The number of aliphatic hydroxyl groups is 2. The molecule has 0 radical (unpaired) electrons. The fourth-order valence-corrected chi connectivity index (χ4v) is 5.01. The summed E-state index contributed by atoms with van der Waals surface area (Å²) in [7, 11) is 4.27. The summed E-state index contributed by atoms with van der Waals surface area (Å²) in [6.07, 6.45) is 18.7. The zero-order valence-electron chi connectivity index (χ0n) is 17.9. The molecule has 3 nitrogen and oxygen atoms in total. The molecule has 0 aromatic carbocycles. The standard InChI is InChI=1S/C24H43NO2/c1-4-5-6-7-8-11-14-22(26)24-21-17-19(16-20(21)18-23(24)27)13-10-9-12-15-25(2)3/h11,14,16,20-24,26-27H,4-10,12-13,15,17-18H2,1-3H3/b14-11+/t20-,21-,22-,23+,24-/m0/s1. The number of unbranched alkanes of at least 4 members (excludes halogenated alkanes) is 6. The Morgan fingerprint density at radius 1 is 1.15 bits per heavy atom. The molecule has 27 heavy (non-hydrogen) atoms. The number of allylic oxidation sites excluding steroid dienone is 3. The normalized spacial score (nSPS) is 28.9. The zero-order chi connectivity index (χ0) is 19.6. The molecular weight excluding hydrogens is 334 g/mol. The molecule has 2 N–H and O–H groups in total. The first-order chi connectivity index (χ1) is 13.0. The van der Waals surface area contributed by atoms with E-state index in [2.05, 4.69) is 38.1 Å². The minimum Gasteiger partial charge on any atom is -0.393 e. The first kappa shape index (κ1) is 22.6. The van der Waals surface area contributed by atoms with E-state index in [1.54, 1.807) is 5.57 Å². The average Bonchev–Trinajstić information content (AvgIpc) is 3.13. The molecule has 0 amide bonds. The predicted octanol–water partition coefficient (Wildman–Crippen LogP) is 4.94. The van der Waals surface area contributed by atoms with Crippen LogP contribution in [0.4, 0.5) is 0 Å². The van der Waals surface area contributed by atoms with Crippen LogP contribution in [-0.4, -0.2) is 48.0 Å². The van der Waals surface area contributed by atoms with Crippen molar-refractivity contribution in [3.8, 4) is 0 Å². The number of rotatable bonds is 13. The maximum atomic E-state index is 10.7. The van der Waals surface area contributed by atoms with Crippen molar-refractivity contribution in [1.82, 2.24) is 4.90 Å². The fraction of sp³-hybridized carbons (Fsp3) is 0.833. The van der Waals surface area contributed by atoms with Gasteiger partial charge in [-0.25, -0.2) is 0 Å². The van der Waals surface area contributed by atoms with E-state index < -0.39 is 6.10 Å². The van der Waals surface area contributed by atoms with Gasteiger partial charge in [-0.05, 0) is 77.4 Å². The fourth-order valence-electron chi connectivity index (χ4n) is 5.01. The molecule has 1 fully saturated rings. The smallest absolute Gasteiger partial charge is 0.0776 e. The van der Waals surface area contributed by atoms with Crippen molar-refractivity contribution in [2.45, 2.75) is 89.8 Å². The molecule has 0 unspecified atom stereocenters. The minimum absolute atomic E-state index is 0.0179. The Labute approximate surface area is 167 Å². The van der Waals surface area contributed by atoms with E-state index in [1.165, 1.54) is 57.9 Å². The third-order valence-electron chi connectivity index (χ3n) is 6.51.